The van der Waals surface area contributed by atoms with Crippen molar-refractivity contribution in [3.05, 3.63) is 35.5 Å². The van der Waals surface area contributed by atoms with Crippen LogP contribution in [0, 0.1) is 11.8 Å². The maximum atomic E-state index is 10.1. The zero-order valence-corrected chi connectivity index (χ0v) is 17.8. The smallest absolute Gasteiger partial charge is 0.0840 e. The fraction of sp³-hybridized carbons (Fsp3) is 0.625. The molecule has 2 fully saturated rings. The molecule has 0 atom stereocenters. The van der Waals surface area contributed by atoms with Gasteiger partial charge in [-0.2, -0.15) is 0 Å². The minimum absolute atomic E-state index is 0.0462. The number of nitrogens with zero attached hydrogens (tertiary/aromatic N) is 3. The Morgan fingerprint density at radius 1 is 1.03 bits per heavy atom. The number of likely N-dealkylation sites (tertiary alicyclic amines) is 1. The molecule has 2 aromatic rings. The third kappa shape index (κ3) is 3.95. The summed E-state index contributed by atoms with van der Waals surface area (Å²) < 4.78 is 2.30. The van der Waals surface area contributed by atoms with Crippen molar-refractivity contribution in [2.24, 2.45) is 17.0 Å². The van der Waals surface area contributed by atoms with Gasteiger partial charge in [-0.1, -0.05) is 37.2 Å². The quantitative estimate of drug-likeness (QED) is 0.433. The van der Waals surface area contributed by atoms with Gasteiger partial charge in [0.15, 0.2) is 0 Å². The summed E-state index contributed by atoms with van der Waals surface area (Å²) in [6, 6.07) is 9.33. The Labute approximate surface area is 174 Å². The fourth-order valence-electron chi connectivity index (χ4n) is 5.76. The predicted octanol–water partition coefficient (Wildman–Crippen LogP) is 4.79. The molecule has 1 aliphatic carbocycles. The number of para-hydroxylation sites is 1. The van der Waals surface area contributed by atoms with Crippen molar-refractivity contribution in [3.63, 3.8) is 0 Å². The van der Waals surface area contributed by atoms with E-state index in [1.54, 1.807) is 0 Å². The number of hydrogen-bond donors (Lipinski definition) is 2. The Morgan fingerprint density at radius 2 is 1.72 bits per heavy atom. The van der Waals surface area contributed by atoms with Crippen LogP contribution in [0.25, 0.3) is 10.9 Å². The molecule has 1 aromatic heterocycles. The molecule has 5 nitrogen and oxygen atoms in total. The highest BCUT2D eigenvalue weighted by Gasteiger charge is 2.31. The van der Waals surface area contributed by atoms with E-state index in [-0.39, 0.29) is 6.61 Å². The first-order valence-electron chi connectivity index (χ1n) is 11.3. The Hall–Kier alpha value is -1.85. The summed E-state index contributed by atoms with van der Waals surface area (Å²) >= 11 is 0. The molecule has 5 heteroatoms. The molecule has 2 heterocycles. The lowest BCUT2D eigenvalue weighted by molar-refractivity contribution is 0.0882. The lowest BCUT2D eigenvalue weighted by atomic mass is 9.79. The number of aliphatic hydroxyl groups excluding tert-OH is 1. The topological polar surface area (TPSA) is 61.0 Å². The fourth-order valence-corrected chi connectivity index (χ4v) is 5.76. The van der Waals surface area contributed by atoms with Gasteiger partial charge in [0, 0.05) is 41.6 Å². The summed E-state index contributed by atoms with van der Waals surface area (Å²) in [6.07, 6.45) is 9.12. The highest BCUT2D eigenvalue weighted by atomic mass is 16.4. The average Bonchev–Trinajstić information content (AvgIpc) is 3.08. The molecule has 2 aliphatic rings. The maximum Gasteiger partial charge on any atom is 0.0840 e. The second kappa shape index (κ2) is 8.88. The highest BCUT2D eigenvalue weighted by Crippen LogP contribution is 2.37. The van der Waals surface area contributed by atoms with E-state index < -0.39 is 0 Å². The second-order valence-electron chi connectivity index (χ2n) is 9.23. The van der Waals surface area contributed by atoms with Gasteiger partial charge in [0.25, 0.3) is 0 Å². The normalized spacial score (nSPS) is 24.8. The molecule has 158 valence electrons. The van der Waals surface area contributed by atoms with E-state index in [1.807, 2.05) is 18.2 Å². The summed E-state index contributed by atoms with van der Waals surface area (Å²) in [6.45, 7) is 6.94. The lowest BCUT2D eigenvalue weighted by Crippen LogP contribution is -2.44. The number of fused-ring (bicyclic) bond motifs is 1. The third-order valence-corrected chi connectivity index (χ3v) is 7.46. The molecule has 0 unspecified atom stereocenters. The van der Waals surface area contributed by atoms with Crippen molar-refractivity contribution in [1.82, 2.24) is 9.47 Å². The van der Waals surface area contributed by atoms with Crippen LogP contribution in [-0.2, 0) is 6.61 Å². The van der Waals surface area contributed by atoms with Crippen molar-refractivity contribution in [2.75, 3.05) is 13.1 Å². The number of hydrogen-bond acceptors (Lipinski definition) is 4. The van der Waals surface area contributed by atoms with Gasteiger partial charge >= 0.3 is 0 Å². The van der Waals surface area contributed by atoms with Gasteiger partial charge in [-0.05, 0) is 56.4 Å². The van der Waals surface area contributed by atoms with E-state index in [0.29, 0.717) is 6.04 Å². The van der Waals surface area contributed by atoms with Crippen molar-refractivity contribution in [1.29, 1.82) is 0 Å². The van der Waals surface area contributed by atoms with Crippen LogP contribution in [0.5, 0.6) is 0 Å². The molecular weight excluding hydrogens is 362 g/mol. The monoisotopic (exact) mass is 397 g/mol. The number of oxime groups is 1. The molecule has 2 N–H and O–H groups in total. The van der Waals surface area contributed by atoms with Crippen LogP contribution in [0.4, 0.5) is 0 Å². The van der Waals surface area contributed by atoms with E-state index >= 15 is 0 Å². The van der Waals surface area contributed by atoms with Crippen LogP contribution in [0.1, 0.15) is 69.7 Å². The summed E-state index contributed by atoms with van der Waals surface area (Å²) in [4.78, 5) is 2.72. The number of piperidine rings is 1. The van der Waals surface area contributed by atoms with Gasteiger partial charge in [-0.25, -0.2) is 0 Å². The van der Waals surface area contributed by atoms with Crippen LogP contribution in [0.3, 0.4) is 0 Å². The van der Waals surface area contributed by atoms with Crippen molar-refractivity contribution < 1.29 is 10.3 Å². The van der Waals surface area contributed by atoms with Crippen LogP contribution >= 0.6 is 0 Å². The second-order valence-corrected chi connectivity index (χ2v) is 9.23. The summed E-state index contributed by atoms with van der Waals surface area (Å²) in [5, 5.41) is 23.5. The van der Waals surface area contributed by atoms with E-state index in [2.05, 4.69) is 34.5 Å². The number of aliphatic hydroxyl groups is 1. The molecule has 0 spiro atoms. The van der Waals surface area contributed by atoms with Crippen LogP contribution < -0.4 is 0 Å². The minimum Gasteiger partial charge on any atom is -0.411 e. The SMILES string of the molecule is CC(C)[C@H]1CC[C@@H](N2CCC(n3c(CO)c(/C=N/O)c4ccccc43)CC2)CC1. The first kappa shape index (κ1) is 20.4. The number of aromatic nitrogens is 1. The molecule has 4 rings (SSSR count). The van der Waals surface area contributed by atoms with Gasteiger partial charge in [-0.3, -0.25) is 0 Å². The Balaban J connectivity index is 1.50. The summed E-state index contributed by atoms with van der Waals surface area (Å²) in [5.41, 5.74) is 2.82. The maximum absolute atomic E-state index is 10.1. The largest absolute Gasteiger partial charge is 0.411 e. The van der Waals surface area contributed by atoms with Crippen LogP contribution in [0.2, 0.25) is 0 Å². The van der Waals surface area contributed by atoms with Gasteiger partial charge < -0.3 is 19.8 Å². The Kier molecular flexibility index (Phi) is 6.26. The molecule has 0 bridgehead atoms. The highest BCUT2D eigenvalue weighted by molar-refractivity contribution is 6.01. The lowest BCUT2D eigenvalue weighted by Gasteiger charge is -2.42. The first-order valence-corrected chi connectivity index (χ1v) is 11.3. The third-order valence-electron chi connectivity index (χ3n) is 7.46. The summed E-state index contributed by atoms with van der Waals surface area (Å²) in [5.74, 6) is 1.73. The average molecular weight is 398 g/mol. The van der Waals surface area contributed by atoms with Gasteiger partial charge in [0.05, 0.1) is 18.5 Å². The van der Waals surface area contributed by atoms with Gasteiger partial charge in [-0.15, -0.1) is 0 Å². The van der Waals surface area contributed by atoms with E-state index in [1.165, 1.54) is 31.9 Å². The Morgan fingerprint density at radius 3 is 2.34 bits per heavy atom. The minimum atomic E-state index is -0.0462. The molecule has 1 saturated carbocycles. The molecular formula is C24H35N3O2. The standard InChI is InChI=1S/C24H35N3O2/c1-17(2)18-7-9-19(10-8-18)26-13-11-20(12-14-26)27-23-6-4-3-5-21(23)22(15-25-29)24(27)16-28/h3-6,15,17-20,28-29H,7-14,16H2,1-2H3/b25-15+/t18-,19+. The van der Waals surface area contributed by atoms with Crippen molar-refractivity contribution in [3.8, 4) is 0 Å². The van der Waals surface area contributed by atoms with E-state index in [9.17, 15) is 5.11 Å². The van der Waals surface area contributed by atoms with Crippen molar-refractivity contribution >= 4 is 17.1 Å². The molecule has 1 aromatic carbocycles. The predicted molar refractivity (Wildman–Crippen MR) is 118 cm³/mol. The number of rotatable bonds is 5. The molecule has 29 heavy (non-hydrogen) atoms. The Bertz CT molecular complexity index is 841. The first-order chi connectivity index (χ1) is 14.1. The molecule has 0 amide bonds. The molecule has 0 radical (unpaired) electrons. The van der Waals surface area contributed by atoms with Crippen LogP contribution in [-0.4, -0.2) is 45.1 Å². The van der Waals surface area contributed by atoms with E-state index in [0.717, 1.165) is 66.0 Å². The van der Waals surface area contributed by atoms with Gasteiger partial charge in [0.1, 0.15) is 0 Å². The van der Waals surface area contributed by atoms with Crippen LogP contribution in [0.15, 0.2) is 29.4 Å². The van der Waals surface area contributed by atoms with Crippen molar-refractivity contribution in [2.45, 2.75) is 71.1 Å². The van der Waals surface area contributed by atoms with Gasteiger partial charge in [0.2, 0.25) is 0 Å². The number of benzene rings is 1. The molecule has 1 saturated heterocycles. The zero-order chi connectivity index (χ0) is 20.4. The summed E-state index contributed by atoms with van der Waals surface area (Å²) in [7, 11) is 0. The zero-order valence-electron chi connectivity index (χ0n) is 17.8. The van der Waals surface area contributed by atoms with E-state index in [4.69, 9.17) is 5.21 Å². The molecule has 1 aliphatic heterocycles.